The first-order valence-electron chi connectivity index (χ1n) is 5.54. The molecule has 110 valence electrons. The van der Waals surface area contributed by atoms with Gasteiger partial charge < -0.3 is 9.47 Å². The summed E-state index contributed by atoms with van der Waals surface area (Å²) in [6.45, 7) is 0. The Hall–Kier alpha value is -2.46. The van der Waals surface area contributed by atoms with Gasteiger partial charge in [0.1, 0.15) is 5.75 Å². The number of nitrogens with two attached hydrogens (primary N) is 1. The predicted octanol–water partition coefficient (Wildman–Crippen LogP) is 2.23. The number of nitro benzene ring substituents is 1. The fraction of sp³-hybridized carbons (Fsp3) is 0.0909. The van der Waals surface area contributed by atoms with Crippen LogP contribution in [0.2, 0.25) is 0 Å². The highest BCUT2D eigenvalue weighted by Gasteiger charge is 2.19. The Bertz CT molecular complexity index is 682. The zero-order valence-corrected chi connectivity index (χ0v) is 12.3. The summed E-state index contributed by atoms with van der Waals surface area (Å²) in [6, 6.07) is 4.22. The molecule has 0 fully saturated rings. The van der Waals surface area contributed by atoms with E-state index in [1.54, 1.807) is 6.07 Å². The molecule has 1 aromatic heterocycles. The van der Waals surface area contributed by atoms with E-state index in [9.17, 15) is 10.1 Å². The highest BCUT2D eigenvalue weighted by Crippen LogP contribution is 2.36. The average molecular weight is 356 g/mol. The van der Waals surface area contributed by atoms with E-state index >= 15 is 0 Å². The number of rotatable bonds is 5. The molecule has 1 aromatic carbocycles. The van der Waals surface area contributed by atoms with Crippen molar-refractivity contribution in [3.63, 3.8) is 0 Å². The number of anilines is 1. The third-order valence-corrected chi connectivity index (χ3v) is 2.95. The second-order valence-electron chi connectivity index (χ2n) is 3.68. The van der Waals surface area contributed by atoms with E-state index in [2.05, 4.69) is 31.3 Å². The molecule has 10 heteroatoms. The molecule has 0 aliphatic heterocycles. The standard InChI is InChI=1S/C11H10BrN5O4/c1-20-6-2-3-9(8(4-6)17(18)19)21-10-7(12)5-14-11(15-10)16-13/h2-5H,13H2,1H3,(H,14,15,16). The third-order valence-electron chi connectivity index (χ3n) is 2.41. The number of hydrogen-bond donors (Lipinski definition) is 2. The molecule has 9 nitrogen and oxygen atoms in total. The Labute approximate surface area is 127 Å². The number of hydrazine groups is 1. The van der Waals surface area contributed by atoms with Crippen molar-refractivity contribution in [2.24, 2.45) is 5.84 Å². The highest BCUT2D eigenvalue weighted by atomic mass is 79.9. The first-order chi connectivity index (χ1) is 10.0. The van der Waals surface area contributed by atoms with Gasteiger partial charge in [-0.05, 0) is 28.1 Å². The summed E-state index contributed by atoms with van der Waals surface area (Å²) in [7, 11) is 1.42. The van der Waals surface area contributed by atoms with E-state index in [1.165, 1.54) is 25.4 Å². The lowest BCUT2D eigenvalue weighted by molar-refractivity contribution is -0.385. The molecule has 0 aliphatic rings. The van der Waals surface area contributed by atoms with Gasteiger partial charge in [-0.2, -0.15) is 4.98 Å². The zero-order valence-electron chi connectivity index (χ0n) is 10.7. The van der Waals surface area contributed by atoms with Crippen LogP contribution < -0.4 is 20.7 Å². The molecular formula is C11H10BrN5O4. The van der Waals surface area contributed by atoms with E-state index in [4.69, 9.17) is 15.3 Å². The average Bonchev–Trinajstić information content (AvgIpc) is 2.49. The fourth-order valence-corrected chi connectivity index (χ4v) is 1.72. The number of benzene rings is 1. The molecule has 0 aliphatic carbocycles. The van der Waals surface area contributed by atoms with Crippen LogP contribution in [0.25, 0.3) is 0 Å². The Morgan fingerprint density at radius 2 is 2.24 bits per heavy atom. The van der Waals surface area contributed by atoms with Gasteiger partial charge in [-0.1, -0.05) is 0 Å². The Morgan fingerprint density at radius 3 is 2.86 bits per heavy atom. The van der Waals surface area contributed by atoms with Crippen LogP contribution >= 0.6 is 15.9 Å². The number of nitrogen functional groups attached to an aromatic ring is 1. The van der Waals surface area contributed by atoms with Gasteiger partial charge in [0, 0.05) is 0 Å². The molecule has 21 heavy (non-hydrogen) atoms. The summed E-state index contributed by atoms with van der Waals surface area (Å²) >= 11 is 3.19. The maximum atomic E-state index is 11.1. The minimum atomic E-state index is -0.574. The molecule has 0 bridgehead atoms. The Kier molecular flexibility index (Phi) is 4.50. The second-order valence-corrected chi connectivity index (χ2v) is 4.54. The molecule has 0 radical (unpaired) electrons. The van der Waals surface area contributed by atoms with Crippen molar-refractivity contribution in [2.45, 2.75) is 0 Å². The maximum absolute atomic E-state index is 11.1. The molecule has 3 N–H and O–H groups in total. The lowest BCUT2D eigenvalue weighted by Gasteiger charge is -2.09. The molecule has 0 saturated heterocycles. The topological polar surface area (TPSA) is 125 Å². The van der Waals surface area contributed by atoms with Gasteiger partial charge >= 0.3 is 5.69 Å². The van der Waals surface area contributed by atoms with E-state index in [0.717, 1.165) is 0 Å². The van der Waals surface area contributed by atoms with E-state index < -0.39 is 4.92 Å². The van der Waals surface area contributed by atoms with Crippen LogP contribution in [0.1, 0.15) is 0 Å². The van der Waals surface area contributed by atoms with Gasteiger partial charge in [0.2, 0.25) is 17.6 Å². The second kappa shape index (κ2) is 6.33. The maximum Gasteiger partial charge on any atom is 0.315 e. The van der Waals surface area contributed by atoms with Gasteiger partial charge in [-0.3, -0.25) is 15.5 Å². The number of nitrogens with one attached hydrogen (secondary N) is 1. The van der Waals surface area contributed by atoms with Crippen LogP contribution in [0.5, 0.6) is 17.4 Å². The molecule has 0 amide bonds. The minimum Gasteiger partial charge on any atom is -0.496 e. The molecule has 2 rings (SSSR count). The number of halogens is 1. The normalized spacial score (nSPS) is 10.0. The summed E-state index contributed by atoms with van der Waals surface area (Å²) in [5, 5.41) is 11.1. The van der Waals surface area contributed by atoms with Crippen LogP contribution in [0.15, 0.2) is 28.9 Å². The van der Waals surface area contributed by atoms with Gasteiger partial charge in [-0.15, -0.1) is 0 Å². The number of methoxy groups -OCH3 is 1. The summed E-state index contributed by atoms with van der Waals surface area (Å²) < 4.78 is 10.8. The monoisotopic (exact) mass is 355 g/mol. The summed E-state index contributed by atoms with van der Waals surface area (Å²) in [5.74, 6) is 5.78. The number of hydrogen-bond acceptors (Lipinski definition) is 8. The Morgan fingerprint density at radius 1 is 1.48 bits per heavy atom. The minimum absolute atomic E-state index is 0.0168. The van der Waals surface area contributed by atoms with Crippen molar-refractivity contribution in [2.75, 3.05) is 12.5 Å². The SMILES string of the molecule is COc1ccc(Oc2nc(NN)ncc2Br)c([N+](=O)[O-])c1. The number of nitro groups is 1. The van der Waals surface area contributed by atoms with Crippen LogP contribution in [0, 0.1) is 10.1 Å². The molecular weight excluding hydrogens is 346 g/mol. The molecule has 2 aromatic rings. The first kappa shape index (κ1) is 14.9. The van der Waals surface area contributed by atoms with E-state index in [1.807, 2.05) is 0 Å². The van der Waals surface area contributed by atoms with Crippen LogP contribution in [0.4, 0.5) is 11.6 Å². The largest absolute Gasteiger partial charge is 0.496 e. The smallest absolute Gasteiger partial charge is 0.315 e. The molecule has 1 heterocycles. The molecule has 0 saturated carbocycles. The summed E-state index contributed by atoms with van der Waals surface area (Å²) in [4.78, 5) is 18.3. The van der Waals surface area contributed by atoms with E-state index in [-0.39, 0.29) is 23.3 Å². The fourth-order valence-electron chi connectivity index (χ4n) is 1.45. The number of ether oxygens (including phenoxy) is 2. The van der Waals surface area contributed by atoms with Gasteiger partial charge in [0.15, 0.2) is 0 Å². The van der Waals surface area contributed by atoms with Crippen molar-refractivity contribution in [1.82, 2.24) is 9.97 Å². The lowest BCUT2D eigenvalue weighted by atomic mass is 10.3. The quantitative estimate of drug-likeness (QED) is 0.475. The first-order valence-corrected chi connectivity index (χ1v) is 6.34. The summed E-state index contributed by atoms with van der Waals surface area (Å²) in [6.07, 6.45) is 1.41. The predicted molar refractivity (Wildman–Crippen MR) is 77.3 cm³/mol. The molecule has 0 atom stereocenters. The van der Waals surface area contributed by atoms with Crippen LogP contribution in [-0.2, 0) is 0 Å². The van der Waals surface area contributed by atoms with Crippen molar-refractivity contribution in [3.05, 3.63) is 39.0 Å². The number of nitrogens with zero attached hydrogens (tertiary/aromatic N) is 3. The molecule has 0 unspecified atom stereocenters. The number of aromatic nitrogens is 2. The van der Waals surface area contributed by atoms with Crippen molar-refractivity contribution in [3.8, 4) is 17.4 Å². The highest BCUT2D eigenvalue weighted by molar-refractivity contribution is 9.10. The van der Waals surface area contributed by atoms with Gasteiger partial charge in [-0.25, -0.2) is 10.8 Å². The van der Waals surface area contributed by atoms with Crippen molar-refractivity contribution in [1.29, 1.82) is 0 Å². The van der Waals surface area contributed by atoms with Crippen molar-refractivity contribution < 1.29 is 14.4 Å². The van der Waals surface area contributed by atoms with Gasteiger partial charge in [0.25, 0.3) is 0 Å². The lowest BCUT2D eigenvalue weighted by Crippen LogP contribution is -2.10. The van der Waals surface area contributed by atoms with Crippen LogP contribution in [0.3, 0.4) is 0 Å². The van der Waals surface area contributed by atoms with E-state index in [0.29, 0.717) is 10.2 Å². The zero-order chi connectivity index (χ0) is 15.4. The Balaban J connectivity index is 2.41. The molecule has 0 spiro atoms. The van der Waals surface area contributed by atoms with Crippen molar-refractivity contribution >= 4 is 27.6 Å². The third kappa shape index (κ3) is 3.35. The van der Waals surface area contributed by atoms with Gasteiger partial charge in [0.05, 0.1) is 28.8 Å². The van der Waals surface area contributed by atoms with Crippen LogP contribution in [-0.4, -0.2) is 22.0 Å². The summed E-state index contributed by atoms with van der Waals surface area (Å²) in [5.41, 5.74) is 2.01.